The third-order valence-corrected chi connectivity index (χ3v) is 4.22. The molecule has 0 saturated carbocycles. The van der Waals surface area contributed by atoms with Crippen LogP contribution in [0.2, 0.25) is 0 Å². The van der Waals surface area contributed by atoms with Crippen LogP contribution in [0.1, 0.15) is 5.56 Å². The van der Waals surface area contributed by atoms with Crippen LogP contribution in [0, 0.1) is 11.8 Å². The number of alkyl halides is 3. The van der Waals surface area contributed by atoms with Gasteiger partial charge in [-0.1, -0.05) is 12.1 Å². The third-order valence-electron chi connectivity index (χ3n) is 4.22. The number of hydrogen-bond donors (Lipinski definition) is 0. The molecule has 1 aromatic rings. The Morgan fingerprint density at radius 3 is 2.16 bits per heavy atom. The van der Waals surface area contributed by atoms with E-state index in [9.17, 15) is 13.2 Å². The Hall–Kier alpha value is -1.23. The summed E-state index contributed by atoms with van der Waals surface area (Å²) in [5.41, 5.74) is -0.171. The van der Waals surface area contributed by atoms with Gasteiger partial charge in [-0.05, 0) is 31.0 Å². The summed E-state index contributed by atoms with van der Waals surface area (Å²) < 4.78 is 39.1. The molecule has 5 heteroatoms. The minimum absolute atomic E-state index is 0.340. The Labute approximate surface area is 110 Å². The second kappa shape index (κ2) is 4.40. The van der Waals surface area contributed by atoms with Crippen molar-refractivity contribution < 1.29 is 13.2 Å². The number of hydrogen-bond acceptors (Lipinski definition) is 2. The van der Waals surface area contributed by atoms with Gasteiger partial charge in [0.25, 0.3) is 0 Å². The maximum absolute atomic E-state index is 13.0. The quantitative estimate of drug-likeness (QED) is 0.774. The van der Waals surface area contributed by atoms with Gasteiger partial charge in [0.1, 0.15) is 0 Å². The lowest BCUT2D eigenvalue weighted by Crippen LogP contribution is -2.28. The number of halogens is 3. The molecule has 0 amide bonds. The largest absolute Gasteiger partial charge is 0.418 e. The number of fused-ring (bicyclic) bond motifs is 1. The molecule has 0 aliphatic carbocycles. The molecule has 2 aliphatic heterocycles. The van der Waals surface area contributed by atoms with Crippen LogP contribution in [0.5, 0.6) is 0 Å². The second-order valence-corrected chi connectivity index (χ2v) is 5.66. The van der Waals surface area contributed by atoms with E-state index < -0.39 is 11.7 Å². The fourth-order valence-electron chi connectivity index (χ4n) is 3.41. The molecule has 104 valence electrons. The topological polar surface area (TPSA) is 6.48 Å². The van der Waals surface area contributed by atoms with Crippen LogP contribution >= 0.6 is 0 Å². The number of para-hydroxylation sites is 1. The molecule has 3 rings (SSSR count). The van der Waals surface area contributed by atoms with E-state index in [1.807, 2.05) is 4.90 Å². The molecule has 2 aliphatic rings. The van der Waals surface area contributed by atoms with Crippen molar-refractivity contribution in [2.75, 3.05) is 38.1 Å². The zero-order valence-electron chi connectivity index (χ0n) is 10.8. The number of nitrogens with zero attached hydrogens (tertiary/aromatic N) is 2. The van der Waals surface area contributed by atoms with Crippen molar-refractivity contribution >= 4 is 5.69 Å². The fourth-order valence-corrected chi connectivity index (χ4v) is 3.41. The molecule has 2 unspecified atom stereocenters. The smallest absolute Gasteiger partial charge is 0.370 e. The predicted molar refractivity (Wildman–Crippen MR) is 68.1 cm³/mol. The Morgan fingerprint density at radius 1 is 1.00 bits per heavy atom. The molecule has 0 aromatic heterocycles. The Balaban J connectivity index is 1.85. The highest BCUT2D eigenvalue weighted by Crippen LogP contribution is 2.40. The van der Waals surface area contributed by atoms with Crippen LogP contribution < -0.4 is 4.90 Å². The van der Waals surface area contributed by atoms with Gasteiger partial charge in [0.2, 0.25) is 0 Å². The minimum Gasteiger partial charge on any atom is -0.370 e. The number of anilines is 1. The van der Waals surface area contributed by atoms with Crippen molar-refractivity contribution in [3.05, 3.63) is 29.8 Å². The van der Waals surface area contributed by atoms with Crippen molar-refractivity contribution in [3.63, 3.8) is 0 Å². The summed E-state index contributed by atoms with van der Waals surface area (Å²) in [5.74, 6) is 1.01. The maximum Gasteiger partial charge on any atom is 0.418 e. The van der Waals surface area contributed by atoms with Gasteiger partial charge in [0.15, 0.2) is 0 Å². The molecule has 19 heavy (non-hydrogen) atoms. The molecule has 0 N–H and O–H groups in total. The summed E-state index contributed by atoms with van der Waals surface area (Å²) in [6.45, 7) is 3.47. The summed E-state index contributed by atoms with van der Waals surface area (Å²) >= 11 is 0. The molecule has 2 saturated heterocycles. The van der Waals surface area contributed by atoms with Crippen LogP contribution in [-0.2, 0) is 6.18 Å². The van der Waals surface area contributed by atoms with E-state index in [4.69, 9.17) is 0 Å². The summed E-state index contributed by atoms with van der Waals surface area (Å²) in [5, 5.41) is 0. The average molecular weight is 270 g/mol. The van der Waals surface area contributed by atoms with Crippen LogP contribution in [0.25, 0.3) is 0 Å². The van der Waals surface area contributed by atoms with Crippen molar-refractivity contribution in [2.45, 2.75) is 6.18 Å². The standard InChI is InChI=1S/C14H17F3N2/c1-18-6-10-8-19(9-11(10)7-18)13-5-3-2-4-12(13)14(15,16)17/h2-5,10-11H,6-9H2,1H3. The average Bonchev–Trinajstić information content (AvgIpc) is 2.85. The fraction of sp³-hybridized carbons (Fsp3) is 0.571. The second-order valence-electron chi connectivity index (χ2n) is 5.66. The summed E-state index contributed by atoms with van der Waals surface area (Å²) in [4.78, 5) is 4.17. The van der Waals surface area contributed by atoms with Crippen molar-refractivity contribution in [3.8, 4) is 0 Å². The Morgan fingerprint density at radius 2 is 1.58 bits per heavy atom. The first-order valence-corrected chi connectivity index (χ1v) is 6.55. The highest BCUT2D eigenvalue weighted by molar-refractivity contribution is 5.56. The van der Waals surface area contributed by atoms with E-state index in [2.05, 4.69) is 11.9 Å². The van der Waals surface area contributed by atoms with Crippen LogP contribution in [0.3, 0.4) is 0 Å². The monoisotopic (exact) mass is 270 g/mol. The van der Waals surface area contributed by atoms with E-state index in [1.54, 1.807) is 12.1 Å². The minimum atomic E-state index is -4.27. The normalized spacial score (nSPS) is 27.9. The number of likely N-dealkylation sites (tertiary alicyclic amines) is 1. The first-order chi connectivity index (χ1) is 8.95. The molecule has 1 aromatic carbocycles. The van der Waals surface area contributed by atoms with E-state index in [0.717, 1.165) is 26.2 Å². The number of rotatable bonds is 1. The van der Waals surface area contributed by atoms with Gasteiger partial charge in [0, 0.05) is 31.9 Å². The molecular weight excluding hydrogens is 253 g/mol. The van der Waals surface area contributed by atoms with E-state index in [1.165, 1.54) is 12.1 Å². The van der Waals surface area contributed by atoms with Gasteiger partial charge in [-0.3, -0.25) is 0 Å². The van der Waals surface area contributed by atoms with E-state index in [0.29, 0.717) is 17.5 Å². The van der Waals surface area contributed by atoms with E-state index >= 15 is 0 Å². The van der Waals surface area contributed by atoms with Crippen LogP contribution in [0.15, 0.2) is 24.3 Å². The SMILES string of the molecule is CN1CC2CN(c3ccccc3C(F)(F)F)CC2C1. The van der Waals surface area contributed by atoms with Crippen LogP contribution in [-0.4, -0.2) is 38.1 Å². The zero-order valence-corrected chi connectivity index (χ0v) is 10.8. The maximum atomic E-state index is 13.0. The Kier molecular flexibility index (Phi) is 2.96. The molecule has 0 bridgehead atoms. The van der Waals surface area contributed by atoms with Crippen LogP contribution in [0.4, 0.5) is 18.9 Å². The van der Waals surface area contributed by atoms with Gasteiger partial charge in [-0.2, -0.15) is 13.2 Å². The number of benzene rings is 1. The molecule has 2 nitrogen and oxygen atoms in total. The highest BCUT2D eigenvalue weighted by atomic mass is 19.4. The molecule has 2 heterocycles. The van der Waals surface area contributed by atoms with Gasteiger partial charge in [-0.15, -0.1) is 0 Å². The lowest BCUT2D eigenvalue weighted by atomic mass is 10.0. The third kappa shape index (κ3) is 2.31. The van der Waals surface area contributed by atoms with E-state index in [-0.39, 0.29) is 0 Å². The van der Waals surface area contributed by atoms with Gasteiger partial charge < -0.3 is 9.80 Å². The first-order valence-electron chi connectivity index (χ1n) is 6.55. The van der Waals surface area contributed by atoms with Gasteiger partial charge >= 0.3 is 6.18 Å². The van der Waals surface area contributed by atoms with Crippen molar-refractivity contribution in [2.24, 2.45) is 11.8 Å². The molecular formula is C14H17F3N2. The lowest BCUT2D eigenvalue weighted by Gasteiger charge is -2.24. The Bertz CT molecular complexity index is 458. The van der Waals surface area contributed by atoms with Crippen molar-refractivity contribution in [1.29, 1.82) is 0 Å². The van der Waals surface area contributed by atoms with Crippen molar-refractivity contribution in [1.82, 2.24) is 4.90 Å². The summed E-state index contributed by atoms with van der Waals surface area (Å²) in [6, 6.07) is 5.91. The summed E-state index contributed by atoms with van der Waals surface area (Å²) in [6.07, 6.45) is -4.27. The highest BCUT2D eigenvalue weighted by Gasteiger charge is 2.41. The lowest BCUT2D eigenvalue weighted by molar-refractivity contribution is -0.137. The molecule has 2 atom stereocenters. The summed E-state index contributed by atoms with van der Waals surface area (Å²) in [7, 11) is 2.08. The first kappa shape index (κ1) is 12.8. The predicted octanol–water partition coefficient (Wildman–Crippen LogP) is 2.70. The van der Waals surface area contributed by atoms with Gasteiger partial charge in [-0.25, -0.2) is 0 Å². The molecule has 0 radical (unpaired) electrons. The zero-order chi connectivity index (χ0) is 13.6. The van der Waals surface area contributed by atoms with Gasteiger partial charge in [0.05, 0.1) is 5.56 Å². The molecule has 0 spiro atoms. The molecule has 2 fully saturated rings.